The van der Waals surface area contributed by atoms with Gasteiger partial charge >= 0.3 is 0 Å². The number of amides is 1. The van der Waals surface area contributed by atoms with Crippen LogP contribution in [-0.2, 0) is 14.8 Å². The average molecular weight is 538 g/mol. The van der Waals surface area contributed by atoms with Gasteiger partial charge in [0.15, 0.2) is 0 Å². The van der Waals surface area contributed by atoms with Crippen molar-refractivity contribution < 1.29 is 22.7 Å². The highest BCUT2D eigenvalue weighted by atomic mass is 79.9. The lowest BCUT2D eigenvalue weighted by molar-refractivity contribution is -0.121. The zero-order valence-electron chi connectivity index (χ0n) is 18.7. The van der Waals surface area contributed by atoms with Crippen LogP contribution in [0.15, 0.2) is 56.9 Å². The summed E-state index contributed by atoms with van der Waals surface area (Å²) in [5, 5.41) is 4.00. The first kappa shape index (κ1) is 25.2. The van der Waals surface area contributed by atoms with E-state index in [1.165, 1.54) is 17.6 Å². The van der Waals surface area contributed by atoms with Crippen molar-refractivity contribution in [1.82, 2.24) is 9.73 Å². The summed E-state index contributed by atoms with van der Waals surface area (Å²) in [6, 6.07) is 11.4. The molecule has 33 heavy (non-hydrogen) atoms. The Morgan fingerprint density at radius 1 is 1.12 bits per heavy atom. The minimum Gasteiger partial charge on any atom is -0.497 e. The zero-order chi connectivity index (χ0) is 23.8. The number of carbonyl (C=O) groups excluding carboxylic acids is 1. The summed E-state index contributed by atoms with van der Waals surface area (Å²) >= 11 is 3.33. The van der Waals surface area contributed by atoms with Crippen LogP contribution in [0, 0.1) is 0 Å². The van der Waals surface area contributed by atoms with E-state index in [9.17, 15) is 13.2 Å². The van der Waals surface area contributed by atoms with Gasteiger partial charge in [-0.2, -0.15) is 9.41 Å². The van der Waals surface area contributed by atoms with Gasteiger partial charge in [-0.15, -0.1) is 0 Å². The largest absolute Gasteiger partial charge is 0.497 e. The molecule has 1 aliphatic rings. The van der Waals surface area contributed by atoms with Crippen molar-refractivity contribution in [2.75, 3.05) is 20.8 Å². The maximum atomic E-state index is 13.4. The molecule has 0 spiro atoms. The SMILES string of the molecule is COc1ccc(OC)c(C=NNC(=O)CN(C2CCCCC2)S(=O)(=O)c2ccc(Br)cc2)c1. The van der Waals surface area contributed by atoms with Crippen molar-refractivity contribution >= 4 is 38.1 Å². The molecule has 1 saturated carbocycles. The lowest BCUT2D eigenvalue weighted by atomic mass is 9.95. The number of hydrogen-bond donors (Lipinski definition) is 1. The second-order valence-corrected chi connectivity index (χ2v) is 10.5. The van der Waals surface area contributed by atoms with Gasteiger partial charge in [0.05, 0.1) is 31.9 Å². The zero-order valence-corrected chi connectivity index (χ0v) is 21.1. The number of hydrazone groups is 1. The lowest BCUT2D eigenvalue weighted by Crippen LogP contribution is -2.46. The number of halogens is 1. The highest BCUT2D eigenvalue weighted by molar-refractivity contribution is 9.10. The molecule has 10 heteroatoms. The molecule has 0 aliphatic heterocycles. The maximum Gasteiger partial charge on any atom is 0.255 e. The predicted octanol–water partition coefficient (Wildman–Crippen LogP) is 3.94. The fourth-order valence-corrected chi connectivity index (χ4v) is 5.72. The first-order valence-corrected chi connectivity index (χ1v) is 12.9. The molecule has 1 fully saturated rings. The molecule has 1 aliphatic carbocycles. The van der Waals surface area contributed by atoms with Crippen LogP contribution in [0.1, 0.15) is 37.7 Å². The number of rotatable bonds is 9. The number of hydrogen-bond acceptors (Lipinski definition) is 6. The second kappa shape index (κ2) is 11.6. The number of nitrogens with one attached hydrogen (secondary N) is 1. The summed E-state index contributed by atoms with van der Waals surface area (Å²) < 4.78 is 39.4. The van der Waals surface area contributed by atoms with Crippen molar-refractivity contribution in [3.05, 3.63) is 52.5 Å². The van der Waals surface area contributed by atoms with Crippen LogP contribution in [0.25, 0.3) is 0 Å². The Morgan fingerprint density at radius 3 is 2.45 bits per heavy atom. The summed E-state index contributed by atoms with van der Waals surface area (Å²) in [7, 11) is -0.760. The van der Waals surface area contributed by atoms with E-state index in [1.54, 1.807) is 49.6 Å². The normalized spacial score (nSPS) is 15.0. The average Bonchev–Trinajstić information content (AvgIpc) is 2.83. The summed E-state index contributed by atoms with van der Waals surface area (Å²) in [5.74, 6) is 0.669. The second-order valence-electron chi connectivity index (χ2n) is 7.70. The van der Waals surface area contributed by atoms with E-state index >= 15 is 0 Å². The van der Waals surface area contributed by atoms with E-state index < -0.39 is 15.9 Å². The lowest BCUT2D eigenvalue weighted by Gasteiger charge is -2.32. The highest BCUT2D eigenvalue weighted by Gasteiger charge is 2.33. The van der Waals surface area contributed by atoms with Crippen LogP contribution in [0.3, 0.4) is 0 Å². The van der Waals surface area contributed by atoms with Gasteiger partial charge in [-0.05, 0) is 55.3 Å². The van der Waals surface area contributed by atoms with Gasteiger partial charge in [0.25, 0.3) is 5.91 Å². The molecule has 0 bridgehead atoms. The van der Waals surface area contributed by atoms with Crippen LogP contribution >= 0.6 is 15.9 Å². The van der Waals surface area contributed by atoms with Gasteiger partial charge < -0.3 is 9.47 Å². The first-order valence-electron chi connectivity index (χ1n) is 10.7. The van der Waals surface area contributed by atoms with Gasteiger partial charge in [0, 0.05) is 16.1 Å². The molecular formula is C23H28BrN3O5S. The number of methoxy groups -OCH3 is 2. The van der Waals surface area contributed by atoms with Gasteiger partial charge in [0.1, 0.15) is 11.5 Å². The third kappa shape index (κ3) is 6.55. The number of sulfonamides is 1. The molecule has 2 aromatic rings. The third-order valence-electron chi connectivity index (χ3n) is 5.53. The van der Waals surface area contributed by atoms with Gasteiger partial charge in [-0.25, -0.2) is 13.8 Å². The summed E-state index contributed by atoms with van der Waals surface area (Å²) in [6.45, 7) is -0.310. The van der Waals surface area contributed by atoms with Gasteiger partial charge in [0.2, 0.25) is 10.0 Å². The van der Waals surface area contributed by atoms with Crippen LogP contribution in [0.2, 0.25) is 0 Å². The summed E-state index contributed by atoms with van der Waals surface area (Å²) in [4.78, 5) is 12.9. The third-order valence-corrected chi connectivity index (χ3v) is 7.97. The van der Waals surface area contributed by atoms with E-state index in [0.29, 0.717) is 17.1 Å². The van der Waals surface area contributed by atoms with Gasteiger partial charge in [-0.1, -0.05) is 35.2 Å². The monoisotopic (exact) mass is 537 g/mol. The first-order chi connectivity index (χ1) is 15.8. The molecule has 0 unspecified atom stereocenters. The predicted molar refractivity (Wildman–Crippen MR) is 130 cm³/mol. The molecule has 2 aromatic carbocycles. The minimum atomic E-state index is -3.85. The van der Waals surface area contributed by atoms with Gasteiger partial charge in [-0.3, -0.25) is 4.79 Å². The van der Waals surface area contributed by atoms with Crippen molar-refractivity contribution in [3.8, 4) is 11.5 Å². The molecular weight excluding hydrogens is 510 g/mol. The quantitative estimate of drug-likeness (QED) is 0.386. The molecule has 1 amide bonds. The Labute approximate surface area is 203 Å². The van der Waals surface area contributed by atoms with E-state index in [1.807, 2.05) is 0 Å². The van der Waals surface area contributed by atoms with E-state index in [0.717, 1.165) is 36.6 Å². The molecule has 0 atom stereocenters. The van der Waals surface area contributed by atoms with Crippen molar-refractivity contribution in [2.45, 2.75) is 43.0 Å². The van der Waals surface area contributed by atoms with Crippen molar-refractivity contribution in [1.29, 1.82) is 0 Å². The molecule has 0 aromatic heterocycles. The van der Waals surface area contributed by atoms with Crippen molar-refractivity contribution in [3.63, 3.8) is 0 Å². The van der Waals surface area contributed by atoms with E-state index in [4.69, 9.17) is 9.47 Å². The summed E-state index contributed by atoms with van der Waals surface area (Å²) in [6.07, 6.45) is 5.84. The molecule has 0 saturated heterocycles. The fourth-order valence-electron chi connectivity index (χ4n) is 3.81. The number of carbonyl (C=O) groups is 1. The number of benzene rings is 2. The van der Waals surface area contributed by atoms with E-state index in [2.05, 4.69) is 26.5 Å². The molecule has 3 rings (SSSR count). The Hall–Kier alpha value is -2.43. The molecule has 178 valence electrons. The Kier molecular flexibility index (Phi) is 8.87. The number of ether oxygens (including phenoxy) is 2. The van der Waals surface area contributed by atoms with Crippen LogP contribution < -0.4 is 14.9 Å². The molecule has 0 heterocycles. The maximum absolute atomic E-state index is 13.4. The Balaban J connectivity index is 1.77. The fraction of sp³-hybridized carbons (Fsp3) is 0.391. The van der Waals surface area contributed by atoms with E-state index in [-0.39, 0.29) is 17.5 Å². The van der Waals surface area contributed by atoms with Crippen LogP contribution in [0.4, 0.5) is 0 Å². The summed E-state index contributed by atoms with van der Waals surface area (Å²) in [5.41, 5.74) is 3.06. The van der Waals surface area contributed by atoms with Crippen LogP contribution in [-0.4, -0.2) is 51.7 Å². The highest BCUT2D eigenvalue weighted by Crippen LogP contribution is 2.28. The molecule has 0 radical (unpaired) electrons. The topological polar surface area (TPSA) is 97.3 Å². The van der Waals surface area contributed by atoms with Crippen LogP contribution in [0.5, 0.6) is 11.5 Å². The Bertz CT molecular complexity index is 1080. The number of nitrogens with zero attached hydrogens (tertiary/aromatic N) is 2. The minimum absolute atomic E-state index is 0.161. The molecule has 1 N–H and O–H groups in total. The Morgan fingerprint density at radius 2 is 1.82 bits per heavy atom. The standard InChI is InChI=1S/C23H28BrN3O5S/c1-31-20-10-13-22(32-2)17(14-20)15-25-26-23(28)16-27(19-6-4-3-5-7-19)33(29,30)21-11-8-18(24)9-12-21/h8-15,19H,3-7,16H2,1-2H3,(H,26,28). The smallest absolute Gasteiger partial charge is 0.255 e. The van der Waals surface area contributed by atoms with Crippen molar-refractivity contribution in [2.24, 2.45) is 5.10 Å². The molecule has 8 nitrogen and oxygen atoms in total.